The van der Waals surface area contributed by atoms with E-state index in [-0.39, 0.29) is 0 Å². The second kappa shape index (κ2) is 22.6. The van der Waals surface area contributed by atoms with Crippen molar-refractivity contribution in [2.24, 2.45) is 0 Å². The van der Waals surface area contributed by atoms with Crippen LogP contribution in [0.5, 0.6) is 0 Å². The molecule has 0 saturated heterocycles. The van der Waals surface area contributed by atoms with E-state index in [9.17, 15) is 4.57 Å². The fourth-order valence-corrected chi connectivity index (χ4v) is 8.06. The summed E-state index contributed by atoms with van der Waals surface area (Å²) < 4.78 is 12.9. The normalized spacial score (nSPS) is 12.0. The lowest BCUT2D eigenvalue weighted by atomic mass is 10.1. The Kier molecular flexibility index (Phi) is 23.3. The molecule has 0 N–H and O–H groups in total. The lowest BCUT2D eigenvalue weighted by Crippen LogP contribution is -1.93. The van der Waals surface area contributed by atoms with Crippen molar-refractivity contribution in [3.63, 3.8) is 0 Å². The second-order valence-corrected chi connectivity index (χ2v) is 15.0. The van der Waals surface area contributed by atoms with Crippen LogP contribution in [0.25, 0.3) is 0 Å². The summed E-state index contributed by atoms with van der Waals surface area (Å²) in [7, 11) is 7.17. The van der Waals surface area contributed by atoms with E-state index >= 15 is 0 Å². The van der Waals surface area contributed by atoms with Crippen LogP contribution >= 0.6 is 27.6 Å². The maximum atomic E-state index is 12.9. The summed E-state index contributed by atoms with van der Waals surface area (Å²) in [5.74, 6) is 0. The Labute approximate surface area is 186 Å². The van der Waals surface area contributed by atoms with Crippen molar-refractivity contribution in [3.8, 4) is 0 Å². The van der Waals surface area contributed by atoms with Crippen LogP contribution in [-0.4, -0.2) is 12.3 Å². The highest BCUT2D eigenvalue weighted by molar-refractivity contribution is 8.68. The Morgan fingerprint density at radius 2 is 0.750 bits per heavy atom. The zero-order chi connectivity index (χ0) is 20.8. The fourth-order valence-electron chi connectivity index (χ4n) is 3.86. The van der Waals surface area contributed by atoms with Gasteiger partial charge in [-0.3, -0.25) is 0 Å². The maximum Gasteiger partial charge on any atom is 0.153 e. The molecule has 0 aromatic carbocycles. The summed E-state index contributed by atoms with van der Waals surface area (Å²) in [5, 5.41) is 0. The van der Waals surface area contributed by atoms with Gasteiger partial charge in [-0.2, -0.15) is 0 Å². The van der Waals surface area contributed by atoms with Gasteiger partial charge in [0.15, 0.2) is 6.34 Å². The Balaban J connectivity index is 3.48. The van der Waals surface area contributed by atoms with E-state index in [1.807, 2.05) is 0 Å². The Hall–Kier alpha value is 0.870. The van der Waals surface area contributed by atoms with Gasteiger partial charge >= 0.3 is 0 Å². The van der Waals surface area contributed by atoms with E-state index in [0.29, 0.717) is 0 Å². The molecule has 28 heavy (non-hydrogen) atoms. The lowest BCUT2D eigenvalue weighted by molar-refractivity contribution is 0.553. The van der Waals surface area contributed by atoms with Gasteiger partial charge in [0.25, 0.3) is 0 Å². The third-order valence-electron chi connectivity index (χ3n) is 5.83. The molecular formula is C24H50ClOPS. The molecule has 0 aliphatic heterocycles. The molecule has 0 aliphatic carbocycles. The minimum atomic E-state index is -2.17. The molecule has 0 spiro atoms. The van der Waals surface area contributed by atoms with Gasteiger partial charge in [-0.1, -0.05) is 129 Å². The minimum Gasteiger partial charge on any atom is -0.311 e. The summed E-state index contributed by atoms with van der Waals surface area (Å²) in [4.78, 5) is 0. The van der Waals surface area contributed by atoms with Crippen LogP contribution in [0.1, 0.15) is 142 Å². The zero-order valence-corrected chi connectivity index (χ0v) is 21.7. The molecule has 0 saturated carbocycles. The van der Waals surface area contributed by atoms with Crippen LogP contribution in [0.15, 0.2) is 0 Å². The first-order chi connectivity index (χ1) is 13.7. The average molecular weight is 453 g/mol. The molecule has 0 radical (unpaired) electrons. The summed E-state index contributed by atoms with van der Waals surface area (Å²) >= 11 is 0. The number of unbranched alkanes of at least 4 members (excludes halogenated alkanes) is 18. The number of hydrogen-bond acceptors (Lipinski definition) is 2. The van der Waals surface area contributed by atoms with Crippen LogP contribution in [-0.2, 0) is 4.57 Å². The van der Waals surface area contributed by atoms with Crippen molar-refractivity contribution >= 4 is 27.6 Å². The highest BCUT2D eigenvalue weighted by Crippen LogP contribution is 2.61. The Morgan fingerprint density at radius 1 is 0.500 bits per heavy atom. The molecule has 0 aromatic heterocycles. The molecule has 0 heterocycles. The number of rotatable bonds is 23. The monoisotopic (exact) mass is 452 g/mol. The topological polar surface area (TPSA) is 17.1 Å². The molecule has 4 heteroatoms. The summed E-state index contributed by atoms with van der Waals surface area (Å²) in [5.41, 5.74) is 0. The summed E-state index contributed by atoms with van der Waals surface area (Å²) in [6.45, 7) is 4.54. The highest BCUT2D eigenvalue weighted by Gasteiger charge is 2.21. The van der Waals surface area contributed by atoms with E-state index in [2.05, 4.69) is 13.8 Å². The van der Waals surface area contributed by atoms with Gasteiger partial charge in [-0.05, 0) is 23.5 Å². The maximum absolute atomic E-state index is 12.9. The van der Waals surface area contributed by atoms with Gasteiger partial charge in [0.2, 0.25) is 0 Å². The molecule has 0 fully saturated rings. The van der Waals surface area contributed by atoms with Crippen molar-refractivity contribution in [1.29, 1.82) is 0 Å². The Morgan fingerprint density at radius 3 is 1.00 bits per heavy atom. The van der Waals surface area contributed by atoms with Crippen LogP contribution in [0.3, 0.4) is 0 Å². The second-order valence-electron chi connectivity index (χ2n) is 8.69. The molecule has 0 rings (SSSR count). The molecule has 0 bridgehead atoms. The van der Waals surface area contributed by atoms with Crippen molar-refractivity contribution in [2.45, 2.75) is 142 Å². The van der Waals surface area contributed by atoms with Crippen molar-refractivity contribution < 1.29 is 4.57 Å². The molecule has 1 nitrogen and oxygen atoms in total. The summed E-state index contributed by atoms with van der Waals surface area (Å²) in [6, 6.07) is 0. The first kappa shape index (κ1) is 28.9. The molecule has 0 atom stereocenters. The van der Waals surface area contributed by atoms with Gasteiger partial charge in [-0.15, -0.1) is 0 Å². The van der Waals surface area contributed by atoms with Crippen molar-refractivity contribution in [3.05, 3.63) is 0 Å². The van der Waals surface area contributed by atoms with Gasteiger partial charge < -0.3 is 4.57 Å². The predicted molar refractivity (Wildman–Crippen MR) is 134 cm³/mol. The predicted octanol–water partition coefficient (Wildman–Crippen LogP) is 11.0. The van der Waals surface area contributed by atoms with E-state index in [1.54, 1.807) is 0 Å². The van der Waals surface area contributed by atoms with E-state index < -0.39 is 6.34 Å². The SMILES string of the molecule is CCCCCCCCCCCCP(=O)(CCCCCCCCCCCC)SCl. The molecule has 0 aromatic rings. The average Bonchev–Trinajstić information content (AvgIpc) is 2.71. The fraction of sp³-hybridized carbons (Fsp3) is 1.00. The highest BCUT2D eigenvalue weighted by atomic mass is 35.7. The molecule has 0 amide bonds. The quantitative estimate of drug-likeness (QED) is 0.113. The van der Waals surface area contributed by atoms with Crippen molar-refractivity contribution in [1.82, 2.24) is 0 Å². The van der Waals surface area contributed by atoms with E-state index in [1.165, 1.54) is 116 Å². The summed E-state index contributed by atoms with van der Waals surface area (Å²) in [6.07, 6.45) is 26.2. The minimum absolute atomic E-state index is 0.856. The molecule has 0 unspecified atom stereocenters. The third kappa shape index (κ3) is 20.2. The van der Waals surface area contributed by atoms with E-state index in [4.69, 9.17) is 10.7 Å². The van der Waals surface area contributed by atoms with Crippen LogP contribution < -0.4 is 0 Å². The van der Waals surface area contributed by atoms with Gasteiger partial charge in [0.1, 0.15) is 0 Å². The number of hydrogen-bond donors (Lipinski definition) is 0. The molecular weight excluding hydrogens is 403 g/mol. The third-order valence-corrected chi connectivity index (χ3v) is 12.2. The largest absolute Gasteiger partial charge is 0.311 e. The van der Waals surface area contributed by atoms with Crippen LogP contribution in [0.4, 0.5) is 0 Å². The zero-order valence-electron chi connectivity index (χ0n) is 19.2. The molecule has 170 valence electrons. The van der Waals surface area contributed by atoms with Gasteiger partial charge in [0, 0.05) is 22.9 Å². The first-order valence-electron chi connectivity index (χ1n) is 12.6. The van der Waals surface area contributed by atoms with Crippen LogP contribution in [0.2, 0.25) is 0 Å². The lowest BCUT2D eigenvalue weighted by Gasteiger charge is -2.14. The molecule has 0 aliphatic rings. The van der Waals surface area contributed by atoms with Crippen molar-refractivity contribution in [2.75, 3.05) is 12.3 Å². The standard InChI is InChI=1S/C24H50ClOPS/c1-3-5-7-9-11-13-15-17-19-21-23-27(26,28-25)24-22-20-18-16-14-12-10-8-6-4-2/h3-24H2,1-2H3. The van der Waals surface area contributed by atoms with Crippen LogP contribution in [0, 0.1) is 0 Å². The van der Waals surface area contributed by atoms with Gasteiger partial charge in [-0.25, -0.2) is 0 Å². The first-order valence-corrected chi connectivity index (χ1v) is 16.9. The Bertz CT molecular complexity index is 323. The van der Waals surface area contributed by atoms with Gasteiger partial charge in [0.05, 0.1) is 0 Å². The number of halogens is 1. The van der Waals surface area contributed by atoms with E-state index in [0.717, 1.165) is 35.8 Å². The smallest absolute Gasteiger partial charge is 0.153 e.